The van der Waals surface area contributed by atoms with Gasteiger partial charge in [0.05, 0.1) is 30.0 Å². The van der Waals surface area contributed by atoms with E-state index >= 15 is 0 Å². The molecule has 1 unspecified atom stereocenters. The fraction of sp³-hybridized carbons (Fsp3) is 0.542. The highest BCUT2D eigenvalue weighted by Crippen LogP contribution is 2.23. The zero-order valence-corrected chi connectivity index (χ0v) is 18.6. The van der Waals surface area contributed by atoms with E-state index < -0.39 is 0 Å². The first-order valence-corrected chi connectivity index (χ1v) is 11.3. The van der Waals surface area contributed by atoms with Gasteiger partial charge in [0.1, 0.15) is 0 Å². The number of aryl methyl sites for hydroxylation is 1. The van der Waals surface area contributed by atoms with Gasteiger partial charge in [-0.05, 0) is 57.2 Å². The van der Waals surface area contributed by atoms with Gasteiger partial charge in [-0.1, -0.05) is 30.3 Å². The average Bonchev–Trinajstić information content (AvgIpc) is 3.39. The van der Waals surface area contributed by atoms with Crippen LogP contribution in [0.1, 0.15) is 30.5 Å². The average molecular weight is 424 g/mol. The maximum Gasteiger partial charge on any atom is 0.236 e. The molecule has 0 radical (unpaired) electrons. The van der Waals surface area contributed by atoms with Crippen LogP contribution in [0.2, 0.25) is 0 Å². The van der Waals surface area contributed by atoms with Crippen LogP contribution >= 0.6 is 0 Å². The van der Waals surface area contributed by atoms with Crippen LogP contribution in [0.5, 0.6) is 0 Å². The molecule has 2 amide bonds. The van der Waals surface area contributed by atoms with E-state index in [2.05, 4.69) is 45.6 Å². The Balaban J connectivity index is 1.20. The second kappa shape index (κ2) is 9.64. The van der Waals surface area contributed by atoms with Gasteiger partial charge in [0.25, 0.3) is 0 Å². The Morgan fingerprint density at radius 2 is 1.84 bits per heavy atom. The van der Waals surface area contributed by atoms with Crippen LogP contribution in [0.3, 0.4) is 0 Å². The summed E-state index contributed by atoms with van der Waals surface area (Å²) in [6.07, 6.45) is 5.79. The third-order valence-electron chi connectivity index (χ3n) is 6.84. The molecular formula is C24H33N5O2. The summed E-state index contributed by atoms with van der Waals surface area (Å²) < 4.78 is 1.74. The number of hydrogen-bond donors (Lipinski definition) is 1. The zero-order chi connectivity index (χ0) is 21.8. The highest BCUT2D eigenvalue weighted by Gasteiger charge is 2.32. The van der Waals surface area contributed by atoms with Gasteiger partial charge < -0.3 is 10.2 Å². The fourth-order valence-corrected chi connectivity index (χ4v) is 4.64. The standard InChI is InChI=1S/C24H33N5O2/c1-18-22(15-25-27(18)2)26-24(31)21-10-13-29(16-21)23(30)17-28-11-8-20(9-12-28)14-19-6-4-3-5-7-19/h3-7,15,20-21H,8-14,16-17H2,1-2H3,(H,26,31). The fourth-order valence-electron chi connectivity index (χ4n) is 4.64. The highest BCUT2D eigenvalue weighted by atomic mass is 16.2. The maximum atomic E-state index is 12.8. The van der Waals surface area contributed by atoms with Crippen LogP contribution < -0.4 is 5.32 Å². The molecule has 2 aromatic rings. The molecule has 1 aromatic heterocycles. The van der Waals surface area contributed by atoms with E-state index in [4.69, 9.17) is 0 Å². The van der Waals surface area contributed by atoms with E-state index in [0.29, 0.717) is 25.6 Å². The molecule has 2 fully saturated rings. The molecular weight excluding hydrogens is 390 g/mol. The molecule has 3 heterocycles. The quantitative estimate of drug-likeness (QED) is 0.775. The van der Waals surface area contributed by atoms with E-state index in [1.807, 2.05) is 18.9 Å². The summed E-state index contributed by atoms with van der Waals surface area (Å²) >= 11 is 0. The number of benzene rings is 1. The molecule has 0 spiro atoms. The number of amides is 2. The molecule has 2 saturated heterocycles. The minimum absolute atomic E-state index is 0.0203. The number of carbonyl (C=O) groups is 2. The summed E-state index contributed by atoms with van der Waals surface area (Å²) in [6.45, 7) is 5.51. The minimum Gasteiger partial charge on any atom is -0.341 e. The molecule has 31 heavy (non-hydrogen) atoms. The van der Waals surface area contributed by atoms with Crippen molar-refractivity contribution in [1.82, 2.24) is 19.6 Å². The molecule has 7 heteroatoms. The highest BCUT2D eigenvalue weighted by molar-refractivity contribution is 5.94. The molecule has 1 N–H and O–H groups in total. The second-order valence-electron chi connectivity index (χ2n) is 8.99. The number of piperidine rings is 1. The molecule has 7 nitrogen and oxygen atoms in total. The summed E-state index contributed by atoms with van der Waals surface area (Å²) in [6, 6.07) is 10.7. The number of rotatable bonds is 6. The monoisotopic (exact) mass is 423 g/mol. The van der Waals surface area contributed by atoms with E-state index in [1.54, 1.807) is 10.9 Å². The first-order valence-electron chi connectivity index (χ1n) is 11.3. The lowest BCUT2D eigenvalue weighted by Gasteiger charge is -2.32. The topological polar surface area (TPSA) is 70.5 Å². The molecule has 1 atom stereocenters. The van der Waals surface area contributed by atoms with Crippen molar-refractivity contribution < 1.29 is 9.59 Å². The molecule has 166 valence electrons. The Morgan fingerprint density at radius 1 is 1.10 bits per heavy atom. The van der Waals surface area contributed by atoms with Gasteiger partial charge in [0.15, 0.2) is 0 Å². The van der Waals surface area contributed by atoms with Gasteiger partial charge in [-0.2, -0.15) is 5.10 Å². The minimum atomic E-state index is -0.153. The van der Waals surface area contributed by atoms with Crippen LogP contribution in [0, 0.1) is 18.8 Å². The smallest absolute Gasteiger partial charge is 0.236 e. The zero-order valence-electron chi connectivity index (χ0n) is 18.6. The Labute approximate surface area is 184 Å². The number of carbonyl (C=O) groups excluding carboxylic acids is 2. The van der Waals surface area contributed by atoms with Gasteiger partial charge in [-0.15, -0.1) is 0 Å². The van der Waals surface area contributed by atoms with Gasteiger partial charge in [-0.25, -0.2) is 0 Å². The SMILES string of the molecule is Cc1c(NC(=O)C2CCN(C(=O)CN3CCC(Cc4ccccc4)CC3)C2)cnn1C. The lowest BCUT2D eigenvalue weighted by atomic mass is 9.90. The lowest BCUT2D eigenvalue weighted by molar-refractivity contribution is -0.132. The Morgan fingerprint density at radius 3 is 2.52 bits per heavy atom. The van der Waals surface area contributed by atoms with E-state index in [-0.39, 0.29) is 17.7 Å². The molecule has 0 saturated carbocycles. The van der Waals surface area contributed by atoms with Crippen molar-refractivity contribution in [3.8, 4) is 0 Å². The maximum absolute atomic E-state index is 12.8. The number of hydrogen-bond acceptors (Lipinski definition) is 4. The van der Waals surface area contributed by atoms with Crippen LogP contribution in [-0.2, 0) is 23.1 Å². The van der Waals surface area contributed by atoms with Crippen LogP contribution in [0.25, 0.3) is 0 Å². The summed E-state index contributed by atoms with van der Waals surface area (Å²) in [5.41, 5.74) is 3.07. The first-order chi connectivity index (χ1) is 15.0. The van der Waals surface area contributed by atoms with Crippen LogP contribution in [0.4, 0.5) is 5.69 Å². The van der Waals surface area contributed by atoms with Crippen molar-refractivity contribution in [3.05, 3.63) is 47.8 Å². The Kier molecular flexibility index (Phi) is 6.70. The van der Waals surface area contributed by atoms with Crippen molar-refractivity contribution in [2.24, 2.45) is 18.9 Å². The number of nitrogens with one attached hydrogen (secondary N) is 1. The van der Waals surface area contributed by atoms with Gasteiger partial charge in [0.2, 0.25) is 11.8 Å². The summed E-state index contributed by atoms with van der Waals surface area (Å²) in [5.74, 6) is 0.673. The predicted molar refractivity (Wildman–Crippen MR) is 121 cm³/mol. The largest absolute Gasteiger partial charge is 0.341 e. The molecule has 2 aliphatic rings. The molecule has 0 aliphatic carbocycles. The second-order valence-corrected chi connectivity index (χ2v) is 8.99. The molecule has 1 aromatic carbocycles. The third-order valence-corrected chi connectivity index (χ3v) is 6.84. The van der Waals surface area contributed by atoms with E-state index in [9.17, 15) is 9.59 Å². The van der Waals surface area contributed by atoms with Crippen molar-refractivity contribution in [1.29, 1.82) is 0 Å². The number of likely N-dealkylation sites (tertiary alicyclic amines) is 2. The van der Waals surface area contributed by atoms with Crippen LogP contribution in [-0.4, -0.2) is 64.1 Å². The third kappa shape index (κ3) is 5.34. The van der Waals surface area contributed by atoms with Gasteiger partial charge in [-0.3, -0.25) is 19.2 Å². The van der Waals surface area contributed by atoms with E-state index in [0.717, 1.165) is 50.2 Å². The van der Waals surface area contributed by atoms with Gasteiger partial charge >= 0.3 is 0 Å². The van der Waals surface area contributed by atoms with Crippen molar-refractivity contribution >= 4 is 17.5 Å². The number of anilines is 1. The van der Waals surface area contributed by atoms with Gasteiger partial charge in [0, 0.05) is 20.1 Å². The summed E-state index contributed by atoms with van der Waals surface area (Å²) in [4.78, 5) is 29.6. The lowest BCUT2D eigenvalue weighted by Crippen LogP contribution is -2.43. The Hall–Kier alpha value is -2.67. The van der Waals surface area contributed by atoms with E-state index in [1.165, 1.54) is 5.56 Å². The van der Waals surface area contributed by atoms with Crippen molar-refractivity contribution in [3.63, 3.8) is 0 Å². The molecule has 4 rings (SSSR count). The normalized spacial score (nSPS) is 20.2. The summed E-state index contributed by atoms with van der Waals surface area (Å²) in [7, 11) is 1.85. The van der Waals surface area contributed by atoms with Crippen LogP contribution in [0.15, 0.2) is 36.5 Å². The number of aromatic nitrogens is 2. The number of nitrogens with zero attached hydrogens (tertiary/aromatic N) is 4. The first kappa shape index (κ1) is 21.6. The molecule has 2 aliphatic heterocycles. The predicted octanol–water partition coefficient (Wildman–Crippen LogP) is 2.47. The molecule has 0 bridgehead atoms. The summed E-state index contributed by atoms with van der Waals surface area (Å²) in [5, 5.41) is 7.13. The Bertz CT molecular complexity index is 902. The van der Waals surface area contributed by atoms with Crippen molar-refractivity contribution in [2.75, 3.05) is 38.0 Å². The van der Waals surface area contributed by atoms with Crippen molar-refractivity contribution in [2.45, 2.75) is 32.6 Å².